The van der Waals surface area contributed by atoms with E-state index >= 15 is 0 Å². The van der Waals surface area contributed by atoms with Gasteiger partial charge in [-0.25, -0.2) is 9.78 Å². The lowest BCUT2D eigenvalue weighted by atomic mass is 10.0. The fraction of sp³-hybridized carbons (Fsp3) is 0.300. The molecular formula is C20H21N6O5S3+. The van der Waals surface area contributed by atoms with Crippen LogP contribution >= 0.6 is 34.4 Å². The quantitative estimate of drug-likeness (QED) is 0.200. The highest BCUT2D eigenvalue weighted by Gasteiger charge is 2.54. The van der Waals surface area contributed by atoms with Gasteiger partial charge in [0.2, 0.25) is 5.51 Å². The summed E-state index contributed by atoms with van der Waals surface area (Å²) in [6.07, 6.45) is 1.75. The van der Waals surface area contributed by atoms with E-state index in [1.54, 1.807) is 11.5 Å². The van der Waals surface area contributed by atoms with E-state index in [4.69, 9.17) is 10.6 Å². The highest BCUT2D eigenvalue weighted by Crippen LogP contribution is 2.40. The van der Waals surface area contributed by atoms with Gasteiger partial charge in [0.25, 0.3) is 11.8 Å². The fourth-order valence-corrected chi connectivity index (χ4v) is 6.43. The molecule has 0 aliphatic carbocycles. The second kappa shape index (κ2) is 9.56. The molecule has 4 N–H and O–H groups in total. The molecule has 2 aromatic rings. The molecule has 0 aromatic carbocycles. The molecule has 2 aromatic heterocycles. The van der Waals surface area contributed by atoms with E-state index in [2.05, 4.69) is 22.0 Å². The van der Waals surface area contributed by atoms with Gasteiger partial charge >= 0.3 is 5.97 Å². The molecule has 178 valence electrons. The smallest absolute Gasteiger partial charge is 0.352 e. The molecule has 0 radical (unpaired) electrons. The SMILES string of the molecule is C=Cc1sc[n+](CC2=C(C(=O)O)N3C(=O)[C@@H](NC(=O)/C(=N\OC)c4csc(N)n4)[C@H]3SC2)c1C. The Hall–Kier alpha value is -3.23. The van der Waals surface area contributed by atoms with Crippen LogP contribution in [0.3, 0.4) is 0 Å². The van der Waals surface area contributed by atoms with Crippen LogP contribution in [0.1, 0.15) is 16.3 Å². The van der Waals surface area contributed by atoms with E-state index in [1.807, 2.05) is 17.0 Å². The molecule has 4 heterocycles. The van der Waals surface area contributed by atoms with Crippen molar-refractivity contribution in [1.82, 2.24) is 15.2 Å². The number of nitrogen functional groups attached to an aromatic ring is 1. The molecule has 34 heavy (non-hydrogen) atoms. The number of hydrogen-bond donors (Lipinski definition) is 3. The predicted octanol–water partition coefficient (Wildman–Crippen LogP) is 0.815. The van der Waals surface area contributed by atoms with Crippen LogP contribution in [0.2, 0.25) is 0 Å². The Morgan fingerprint density at radius 1 is 1.50 bits per heavy atom. The third-order valence-corrected chi connectivity index (χ3v) is 8.43. The largest absolute Gasteiger partial charge is 0.477 e. The monoisotopic (exact) mass is 521 g/mol. The number of thiazole rings is 2. The number of rotatable bonds is 8. The Bertz CT molecular complexity index is 1250. The number of carbonyl (C=O) groups excluding carboxylic acids is 2. The molecule has 0 spiro atoms. The molecule has 14 heteroatoms. The summed E-state index contributed by atoms with van der Waals surface area (Å²) in [6, 6.07) is -0.908. The second-order valence-corrected chi connectivity index (χ2v) is 10.2. The standard InChI is InChI=1S/C20H20N6O5S3/c1-4-12-9(2)25(8-34-12)5-10-6-32-18-14(17(28)26(18)15(10)19(29)30)23-16(27)13(24-31-3)11-7-33-20(21)22-11/h4,7-8,14,18H,1,5-6H2,2-3H3,(H3-,21,22,23,27,29,30)/p+1/b24-13-/t14-,18-/m1/s1. The molecule has 1 fully saturated rings. The minimum Gasteiger partial charge on any atom is -0.477 e. The number of hydrogen-bond acceptors (Lipinski definition) is 10. The second-order valence-electron chi connectivity index (χ2n) is 7.32. The average Bonchev–Trinajstić information content (AvgIpc) is 3.40. The van der Waals surface area contributed by atoms with Crippen LogP contribution in [-0.2, 0) is 25.8 Å². The zero-order valence-electron chi connectivity index (χ0n) is 18.2. The maximum atomic E-state index is 13.0. The number of carboxylic acid groups (broad SMARTS) is 1. The van der Waals surface area contributed by atoms with Gasteiger partial charge in [0.05, 0.1) is 4.88 Å². The summed E-state index contributed by atoms with van der Waals surface area (Å²) in [4.78, 5) is 48.9. The zero-order valence-corrected chi connectivity index (χ0v) is 20.6. The van der Waals surface area contributed by atoms with Crippen LogP contribution in [0.5, 0.6) is 0 Å². The molecule has 2 atom stereocenters. The predicted molar refractivity (Wildman–Crippen MR) is 129 cm³/mol. The number of carbonyl (C=O) groups is 3. The lowest BCUT2D eigenvalue weighted by molar-refractivity contribution is -0.690. The molecule has 1 saturated heterocycles. The Kier molecular flexibility index (Phi) is 6.72. The van der Waals surface area contributed by atoms with Crippen LogP contribution in [0.15, 0.2) is 33.9 Å². The molecule has 0 unspecified atom stereocenters. The summed E-state index contributed by atoms with van der Waals surface area (Å²) >= 11 is 4.04. The van der Waals surface area contributed by atoms with Gasteiger partial charge in [0.15, 0.2) is 23.1 Å². The first kappa shape index (κ1) is 23.9. The first-order valence-corrected chi connectivity index (χ1v) is 12.7. The van der Waals surface area contributed by atoms with Gasteiger partial charge in [-0.1, -0.05) is 23.1 Å². The number of nitrogens with zero attached hydrogens (tertiary/aromatic N) is 4. The number of aromatic nitrogens is 2. The van der Waals surface area contributed by atoms with E-state index in [1.165, 1.54) is 35.1 Å². The van der Waals surface area contributed by atoms with Crippen molar-refractivity contribution >= 4 is 69.1 Å². The molecule has 2 amide bonds. The highest BCUT2D eigenvalue weighted by molar-refractivity contribution is 8.00. The summed E-state index contributed by atoms with van der Waals surface area (Å²) in [5.41, 5.74) is 9.18. The maximum Gasteiger partial charge on any atom is 0.352 e. The fourth-order valence-electron chi connectivity index (χ4n) is 3.69. The van der Waals surface area contributed by atoms with Crippen molar-refractivity contribution in [1.29, 1.82) is 0 Å². The zero-order chi connectivity index (χ0) is 24.6. The van der Waals surface area contributed by atoms with Crippen molar-refractivity contribution in [3.63, 3.8) is 0 Å². The Balaban J connectivity index is 1.54. The maximum absolute atomic E-state index is 13.0. The summed E-state index contributed by atoms with van der Waals surface area (Å²) in [5.74, 6) is -1.96. The van der Waals surface area contributed by atoms with Gasteiger partial charge in [0, 0.05) is 23.6 Å². The van der Waals surface area contributed by atoms with E-state index < -0.39 is 29.2 Å². The number of carboxylic acids is 1. The van der Waals surface area contributed by atoms with Gasteiger partial charge in [-0.3, -0.25) is 14.5 Å². The van der Waals surface area contributed by atoms with Crippen molar-refractivity contribution in [2.45, 2.75) is 24.9 Å². The number of nitrogens with one attached hydrogen (secondary N) is 1. The number of fused-ring (bicyclic) bond motifs is 1. The highest BCUT2D eigenvalue weighted by atomic mass is 32.2. The molecule has 2 aliphatic rings. The number of anilines is 1. The summed E-state index contributed by atoms with van der Waals surface area (Å²) in [6.45, 7) is 6.06. The first-order chi connectivity index (χ1) is 16.3. The average molecular weight is 522 g/mol. The molecule has 4 rings (SSSR count). The van der Waals surface area contributed by atoms with E-state index in [0.29, 0.717) is 17.9 Å². The Morgan fingerprint density at radius 3 is 2.85 bits per heavy atom. The van der Waals surface area contributed by atoms with Crippen LogP contribution in [0.4, 0.5) is 5.13 Å². The minimum atomic E-state index is -1.18. The lowest BCUT2D eigenvalue weighted by Gasteiger charge is -2.49. The molecule has 2 aliphatic heterocycles. The first-order valence-electron chi connectivity index (χ1n) is 9.90. The third kappa shape index (κ3) is 4.19. The number of β-lactam (4-membered cyclic amide) rings is 1. The minimum absolute atomic E-state index is 0.0458. The molecule has 0 bridgehead atoms. The van der Waals surface area contributed by atoms with Crippen molar-refractivity contribution in [2.24, 2.45) is 5.16 Å². The molecule has 0 saturated carbocycles. The molecule has 11 nitrogen and oxygen atoms in total. The summed E-state index contributed by atoms with van der Waals surface area (Å²) in [7, 11) is 1.28. The Labute approximate surface area is 206 Å². The Morgan fingerprint density at radius 2 is 2.26 bits per heavy atom. The van der Waals surface area contributed by atoms with Crippen molar-refractivity contribution in [3.8, 4) is 0 Å². The van der Waals surface area contributed by atoms with Crippen LogP contribution < -0.4 is 15.6 Å². The van der Waals surface area contributed by atoms with Crippen molar-refractivity contribution < 1.29 is 28.9 Å². The van der Waals surface area contributed by atoms with Gasteiger partial charge in [-0.15, -0.1) is 23.1 Å². The summed E-state index contributed by atoms with van der Waals surface area (Å²) in [5, 5.41) is 17.5. The topological polar surface area (TPSA) is 151 Å². The van der Waals surface area contributed by atoms with Gasteiger partial charge in [0.1, 0.15) is 29.9 Å². The van der Waals surface area contributed by atoms with Gasteiger partial charge in [-0.05, 0) is 6.08 Å². The number of thioether (sulfide) groups is 1. The van der Waals surface area contributed by atoms with Gasteiger partial charge in [-0.2, -0.15) is 4.57 Å². The van der Waals surface area contributed by atoms with E-state index in [-0.39, 0.29) is 22.2 Å². The number of oxime groups is 1. The summed E-state index contributed by atoms with van der Waals surface area (Å²) < 4.78 is 1.94. The lowest BCUT2D eigenvalue weighted by Crippen LogP contribution is -2.71. The van der Waals surface area contributed by atoms with E-state index in [9.17, 15) is 19.5 Å². The third-order valence-electron chi connectivity index (χ3n) is 5.34. The number of nitrogens with two attached hydrogens (primary N) is 1. The van der Waals surface area contributed by atoms with Crippen LogP contribution in [-0.4, -0.2) is 62.8 Å². The van der Waals surface area contributed by atoms with Crippen LogP contribution in [0.25, 0.3) is 6.08 Å². The van der Waals surface area contributed by atoms with Crippen molar-refractivity contribution in [2.75, 3.05) is 18.6 Å². The molecular weight excluding hydrogens is 500 g/mol. The normalized spacial score (nSPS) is 20.0. The van der Waals surface area contributed by atoms with Gasteiger partial charge < -0.3 is 21.0 Å². The van der Waals surface area contributed by atoms with E-state index in [0.717, 1.165) is 21.9 Å². The number of aliphatic carboxylic acids is 1. The number of amides is 2. The van der Waals surface area contributed by atoms with Crippen molar-refractivity contribution in [3.05, 3.63) is 45.0 Å². The van der Waals surface area contributed by atoms with Crippen LogP contribution in [0, 0.1) is 6.92 Å².